The smallest absolute Gasteiger partial charge is 0.303 e. The zero-order valence-corrected chi connectivity index (χ0v) is 10.3. The van der Waals surface area contributed by atoms with Gasteiger partial charge in [0.15, 0.2) is 0 Å². The first-order valence-corrected chi connectivity index (χ1v) is 5.98. The standard InChI is InChI=1S/C14H16N2O2/c1-10-4-2-5-12-11(10)7-9-16-14(12)15-8-3-6-13(17)18/h2,4-5,7,9H,3,6,8H2,1H3,(H,15,16)(H,17,18). The topological polar surface area (TPSA) is 62.2 Å². The number of aliphatic carboxylic acids is 1. The molecule has 1 aromatic heterocycles. The Labute approximate surface area is 106 Å². The van der Waals surface area contributed by atoms with Crippen molar-refractivity contribution >= 4 is 22.6 Å². The van der Waals surface area contributed by atoms with Crippen molar-refractivity contribution in [2.45, 2.75) is 19.8 Å². The van der Waals surface area contributed by atoms with Gasteiger partial charge in [0.25, 0.3) is 0 Å². The molecule has 0 bridgehead atoms. The molecule has 0 fully saturated rings. The molecule has 0 aliphatic rings. The molecule has 0 radical (unpaired) electrons. The van der Waals surface area contributed by atoms with E-state index in [1.165, 1.54) is 10.9 Å². The highest BCUT2D eigenvalue weighted by Crippen LogP contribution is 2.23. The van der Waals surface area contributed by atoms with E-state index < -0.39 is 5.97 Å². The summed E-state index contributed by atoms with van der Waals surface area (Å²) >= 11 is 0. The Morgan fingerprint density at radius 1 is 1.33 bits per heavy atom. The highest BCUT2D eigenvalue weighted by molar-refractivity contribution is 5.93. The number of rotatable bonds is 5. The molecule has 4 heteroatoms. The number of fused-ring (bicyclic) bond motifs is 1. The van der Waals surface area contributed by atoms with Crippen molar-refractivity contribution < 1.29 is 9.90 Å². The molecule has 2 rings (SSSR count). The van der Waals surface area contributed by atoms with Crippen molar-refractivity contribution in [1.82, 2.24) is 4.98 Å². The SMILES string of the molecule is Cc1cccc2c(NCCCC(=O)O)nccc12. The third kappa shape index (κ3) is 2.77. The fourth-order valence-corrected chi connectivity index (χ4v) is 1.95. The van der Waals surface area contributed by atoms with Crippen LogP contribution in [0.25, 0.3) is 10.8 Å². The molecule has 2 aromatic rings. The Kier molecular flexibility index (Phi) is 3.77. The summed E-state index contributed by atoms with van der Waals surface area (Å²) in [7, 11) is 0. The minimum Gasteiger partial charge on any atom is -0.481 e. The van der Waals surface area contributed by atoms with Crippen molar-refractivity contribution in [3.05, 3.63) is 36.0 Å². The van der Waals surface area contributed by atoms with Crippen LogP contribution in [0.2, 0.25) is 0 Å². The number of nitrogens with one attached hydrogen (secondary N) is 1. The molecule has 94 valence electrons. The van der Waals surface area contributed by atoms with Gasteiger partial charge in [-0.2, -0.15) is 0 Å². The van der Waals surface area contributed by atoms with Crippen LogP contribution >= 0.6 is 0 Å². The number of aromatic nitrogens is 1. The second-order valence-corrected chi connectivity index (χ2v) is 4.25. The number of carbonyl (C=O) groups is 1. The highest BCUT2D eigenvalue weighted by Gasteiger charge is 2.03. The molecule has 4 nitrogen and oxygen atoms in total. The van der Waals surface area contributed by atoms with Crippen LogP contribution in [-0.4, -0.2) is 22.6 Å². The van der Waals surface area contributed by atoms with Gasteiger partial charge in [-0.15, -0.1) is 0 Å². The van der Waals surface area contributed by atoms with Gasteiger partial charge in [0, 0.05) is 24.5 Å². The molecule has 1 aromatic carbocycles. The monoisotopic (exact) mass is 244 g/mol. The predicted molar refractivity (Wildman–Crippen MR) is 71.8 cm³/mol. The molecule has 2 N–H and O–H groups in total. The maximum atomic E-state index is 10.4. The number of aryl methyl sites for hydroxylation is 1. The Morgan fingerprint density at radius 2 is 2.17 bits per heavy atom. The second-order valence-electron chi connectivity index (χ2n) is 4.25. The molecule has 0 atom stereocenters. The first-order valence-electron chi connectivity index (χ1n) is 5.98. The minimum absolute atomic E-state index is 0.177. The Hall–Kier alpha value is -2.10. The lowest BCUT2D eigenvalue weighted by Crippen LogP contribution is -2.06. The van der Waals surface area contributed by atoms with Crippen LogP contribution in [0, 0.1) is 6.92 Å². The van der Waals surface area contributed by atoms with Crippen molar-refractivity contribution in [2.75, 3.05) is 11.9 Å². The van der Waals surface area contributed by atoms with E-state index in [-0.39, 0.29) is 6.42 Å². The van der Waals surface area contributed by atoms with E-state index in [4.69, 9.17) is 5.11 Å². The van der Waals surface area contributed by atoms with E-state index in [1.54, 1.807) is 6.20 Å². The maximum absolute atomic E-state index is 10.4. The zero-order valence-electron chi connectivity index (χ0n) is 10.3. The van der Waals surface area contributed by atoms with Crippen LogP contribution < -0.4 is 5.32 Å². The average Bonchev–Trinajstić information content (AvgIpc) is 2.35. The first kappa shape index (κ1) is 12.4. The van der Waals surface area contributed by atoms with Crippen LogP contribution in [0.4, 0.5) is 5.82 Å². The number of pyridine rings is 1. The molecule has 0 amide bonds. The molecule has 0 aliphatic heterocycles. The van der Waals surface area contributed by atoms with Gasteiger partial charge in [-0.3, -0.25) is 4.79 Å². The van der Waals surface area contributed by atoms with E-state index in [0.29, 0.717) is 13.0 Å². The molecular weight excluding hydrogens is 228 g/mol. The van der Waals surface area contributed by atoms with E-state index in [2.05, 4.69) is 23.3 Å². The molecular formula is C14H16N2O2. The lowest BCUT2D eigenvalue weighted by Gasteiger charge is -2.09. The summed E-state index contributed by atoms with van der Waals surface area (Å²) in [6, 6.07) is 8.08. The fourth-order valence-electron chi connectivity index (χ4n) is 1.95. The van der Waals surface area contributed by atoms with Crippen LogP contribution in [0.5, 0.6) is 0 Å². The first-order chi connectivity index (χ1) is 8.68. The number of hydrogen-bond donors (Lipinski definition) is 2. The zero-order chi connectivity index (χ0) is 13.0. The summed E-state index contributed by atoms with van der Waals surface area (Å²) in [5, 5.41) is 14.0. The van der Waals surface area contributed by atoms with Crippen molar-refractivity contribution in [1.29, 1.82) is 0 Å². The van der Waals surface area contributed by atoms with Gasteiger partial charge >= 0.3 is 5.97 Å². The van der Waals surface area contributed by atoms with E-state index >= 15 is 0 Å². The lowest BCUT2D eigenvalue weighted by molar-refractivity contribution is -0.137. The van der Waals surface area contributed by atoms with E-state index in [0.717, 1.165) is 11.2 Å². The molecule has 1 heterocycles. The normalized spacial score (nSPS) is 10.5. The van der Waals surface area contributed by atoms with E-state index in [1.807, 2.05) is 18.2 Å². The average molecular weight is 244 g/mol. The Balaban J connectivity index is 2.13. The molecule has 0 spiro atoms. The van der Waals surface area contributed by atoms with Gasteiger partial charge in [0.05, 0.1) is 0 Å². The lowest BCUT2D eigenvalue weighted by atomic mass is 10.1. The molecule has 0 saturated carbocycles. The van der Waals surface area contributed by atoms with E-state index in [9.17, 15) is 4.79 Å². The fraction of sp³-hybridized carbons (Fsp3) is 0.286. The van der Waals surface area contributed by atoms with Gasteiger partial charge < -0.3 is 10.4 Å². The largest absolute Gasteiger partial charge is 0.481 e. The van der Waals surface area contributed by atoms with Gasteiger partial charge in [0.2, 0.25) is 0 Å². The third-order valence-electron chi connectivity index (χ3n) is 2.88. The summed E-state index contributed by atoms with van der Waals surface area (Å²) in [4.78, 5) is 14.7. The van der Waals surface area contributed by atoms with Crippen LogP contribution in [0.1, 0.15) is 18.4 Å². The van der Waals surface area contributed by atoms with Gasteiger partial charge in [-0.25, -0.2) is 4.98 Å². The molecule has 0 unspecified atom stereocenters. The summed E-state index contributed by atoms with van der Waals surface area (Å²) < 4.78 is 0. The number of anilines is 1. The summed E-state index contributed by atoms with van der Waals surface area (Å²) in [5.74, 6) is 0.0557. The number of hydrogen-bond acceptors (Lipinski definition) is 3. The minimum atomic E-state index is -0.765. The van der Waals surface area contributed by atoms with Gasteiger partial charge in [-0.1, -0.05) is 18.2 Å². The van der Waals surface area contributed by atoms with Crippen molar-refractivity contribution in [3.8, 4) is 0 Å². The third-order valence-corrected chi connectivity index (χ3v) is 2.88. The van der Waals surface area contributed by atoms with Crippen molar-refractivity contribution in [2.24, 2.45) is 0 Å². The summed E-state index contributed by atoms with van der Waals surface area (Å²) in [5.41, 5.74) is 1.21. The van der Waals surface area contributed by atoms with Crippen LogP contribution in [-0.2, 0) is 4.79 Å². The van der Waals surface area contributed by atoms with Gasteiger partial charge in [0.1, 0.15) is 5.82 Å². The maximum Gasteiger partial charge on any atom is 0.303 e. The molecule has 0 aliphatic carbocycles. The number of nitrogens with zero attached hydrogens (tertiary/aromatic N) is 1. The second kappa shape index (κ2) is 5.49. The number of carboxylic acids is 1. The quantitative estimate of drug-likeness (QED) is 0.794. The van der Waals surface area contributed by atoms with Crippen LogP contribution in [0.15, 0.2) is 30.5 Å². The highest BCUT2D eigenvalue weighted by atomic mass is 16.4. The summed E-state index contributed by atoms with van der Waals surface area (Å²) in [6.07, 6.45) is 2.55. The Morgan fingerprint density at radius 3 is 2.94 bits per heavy atom. The van der Waals surface area contributed by atoms with Crippen molar-refractivity contribution in [3.63, 3.8) is 0 Å². The Bertz CT molecular complexity index is 567. The number of benzene rings is 1. The number of carboxylic acid groups (broad SMARTS) is 1. The molecule has 0 saturated heterocycles. The van der Waals surface area contributed by atoms with Crippen LogP contribution in [0.3, 0.4) is 0 Å². The molecule has 18 heavy (non-hydrogen) atoms. The summed E-state index contributed by atoms with van der Waals surface area (Å²) in [6.45, 7) is 2.68. The predicted octanol–water partition coefficient (Wildman–Crippen LogP) is 2.82. The van der Waals surface area contributed by atoms with Gasteiger partial charge in [-0.05, 0) is 30.4 Å².